The van der Waals surface area contributed by atoms with E-state index in [1.807, 2.05) is 0 Å². The van der Waals surface area contributed by atoms with Gasteiger partial charge in [-0.05, 0) is 54.7 Å². The van der Waals surface area contributed by atoms with Crippen LogP contribution in [0.5, 0.6) is 0 Å². The molecule has 21 heavy (non-hydrogen) atoms. The van der Waals surface area contributed by atoms with E-state index in [1.165, 1.54) is 17.5 Å². The second kappa shape index (κ2) is 9.01. The SMILES string of the molecule is Brc1ccc(C=CCCCC=Cc2ccc(Br)cc2)cc1. The molecule has 0 saturated carbocycles. The van der Waals surface area contributed by atoms with Gasteiger partial charge in [0.05, 0.1) is 0 Å². The molecular formula is C19H18Br2. The van der Waals surface area contributed by atoms with Crippen LogP contribution in [0, 0.1) is 0 Å². The molecule has 0 fully saturated rings. The Bertz CT molecular complexity index is 537. The third-order valence-electron chi connectivity index (χ3n) is 3.10. The van der Waals surface area contributed by atoms with Crippen LogP contribution in [-0.2, 0) is 0 Å². The maximum atomic E-state index is 3.44. The van der Waals surface area contributed by atoms with Crippen molar-refractivity contribution in [3.63, 3.8) is 0 Å². The van der Waals surface area contributed by atoms with Gasteiger partial charge in [0.1, 0.15) is 0 Å². The summed E-state index contributed by atoms with van der Waals surface area (Å²) in [7, 11) is 0. The standard InChI is InChI=1S/C19H18Br2/c20-18-12-8-16(9-13-18)6-4-2-1-3-5-7-17-10-14-19(21)15-11-17/h4-15H,1-3H2. The van der Waals surface area contributed by atoms with E-state index in [4.69, 9.17) is 0 Å². The van der Waals surface area contributed by atoms with Gasteiger partial charge in [0.15, 0.2) is 0 Å². The Labute approximate surface area is 143 Å². The molecule has 0 radical (unpaired) electrons. The summed E-state index contributed by atoms with van der Waals surface area (Å²) in [6, 6.07) is 16.8. The van der Waals surface area contributed by atoms with Crippen molar-refractivity contribution in [3.8, 4) is 0 Å². The molecule has 0 heterocycles. The van der Waals surface area contributed by atoms with E-state index in [2.05, 4.69) is 105 Å². The van der Waals surface area contributed by atoms with Gasteiger partial charge in [-0.1, -0.05) is 80.4 Å². The average molecular weight is 406 g/mol. The molecule has 0 bridgehead atoms. The Hall–Kier alpha value is -1.12. The van der Waals surface area contributed by atoms with Crippen LogP contribution < -0.4 is 0 Å². The van der Waals surface area contributed by atoms with Crippen molar-refractivity contribution in [2.75, 3.05) is 0 Å². The zero-order valence-corrected chi connectivity index (χ0v) is 15.0. The van der Waals surface area contributed by atoms with Crippen LogP contribution in [0.25, 0.3) is 12.2 Å². The van der Waals surface area contributed by atoms with Gasteiger partial charge < -0.3 is 0 Å². The molecule has 0 aliphatic rings. The Morgan fingerprint density at radius 1 is 0.619 bits per heavy atom. The predicted octanol–water partition coefficient (Wildman–Crippen LogP) is 7.11. The largest absolute Gasteiger partial charge is 0.0839 e. The molecule has 2 aromatic rings. The molecule has 2 rings (SSSR count). The van der Waals surface area contributed by atoms with Gasteiger partial charge in [-0.15, -0.1) is 0 Å². The lowest BCUT2D eigenvalue weighted by Gasteiger charge is -1.95. The summed E-state index contributed by atoms with van der Waals surface area (Å²) in [6.07, 6.45) is 12.3. The quantitative estimate of drug-likeness (QED) is 0.449. The second-order valence-electron chi connectivity index (χ2n) is 4.84. The number of hydrogen-bond donors (Lipinski definition) is 0. The van der Waals surface area contributed by atoms with Crippen molar-refractivity contribution in [3.05, 3.63) is 80.8 Å². The van der Waals surface area contributed by atoms with Gasteiger partial charge in [0.2, 0.25) is 0 Å². The number of unbranched alkanes of at least 4 members (excludes halogenated alkanes) is 2. The molecule has 0 aromatic heterocycles. The van der Waals surface area contributed by atoms with Crippen LogP contribution >= 0.6 is 31.9 Å². The van der Waals surface area contributed by atoms with Crippen LogP contribution in [0.15, 0.2) is 69.6 Å². The summed E-state index contributed by atoms with van der Waals surface area (Å²) < 4.78 is 2.25. The van der Waals surface area contributed by atoms with Crippen molar-refractivity contribution in [2.24, 2.45) is 0 Å². The Kier molecular flexibility index (Phi) is 6.98. The summed E-state index contributed by atoms with van der Waals surface area (Å²) >= 11 is 6.89. The van der Waals surface area contributed by atoms with E-state index in [0.29, 0.717) is 0 Å². The maximum Gasteiger partial charge on any atom is 0.0175 e. The Morgan fingerprint density at radius 2 is 1.00 bits per heavy atom. The maximum absolute atomic E-state index is 3.44. The zero-order valence-electron chi connectivity index (χ0n) is 11.8. The van der Waals surface area contributed by atoms with Gasteiger partial charge in [0, 0.05) is 8.95 Å². The number of hydrogen-bond acceptors (Lipinski definition) is 0. The van der Waals surface area contributed by atoms with Gasteiger partial charge in [-0.25, -0.2) is 0 Å². The van der Waals surface area contributed by atoms with Crippen molar-refractivity contribution >= 4 is 44.0 Å². The molecule has 0 aliphatic heterocycles. The van der Waals surface area contributed by atoms with E-state index in [9.17, 15) is 0 Å². The molecule has 0 atom stereocenters. The topological polar surface area (TPSA) is 0 Å². The van der Waals surface area contributed by atoms with Crippen molar-refractivity contribution < 1.29 is 0 Å². The zero-order chi connectivity index (χ0) is 14.9. The summed E-state index contributed by atoms with van der Waals surface area (Å²) in [5, 5.41) is 0. The fraction of sp³-hybridized carbons (Fsp3) is 0.158. The smallest absolute Gasteiger partial charge is 0.0175 e. The lowest BCUT2D eigenvalue weighted by molar-refractivity contribution is 0.873. The molecule has 2 heteroatoms. The van der Waals surface area contributed by atoms with Gasteiger partial charge in [-0.3, -0.25) is 0 Å². The molecule has 108 valence electrons. The highest BCUT2D eigenvalue weighted by Crippen LogP contribution is 2.13. The molecule has 0 N–H and O–H groups in total. The molecule has 0 unspecified atom stereocenters. The fourth-order valence-corrected chi connectivity index (χ4v) is 2.47. The highest BCUT2D eigenvalue weighted by Gasteiger charge is 1.88. The van der Waals surface area contributed by atoms with E-state index < -0.39 is 0 Å². The molecule has 0 spiro atoms. The summed E-state index contributed by atoms with van der Waals surface area (Å²) in [6.45, 7) is 0. The number of rotatable bonds is 6. The molecule has 0 amide bonds. The van der Waals surface area contributed by atoms with Crippen molar-refractivity contribution in [1.29, 1.82) is 0 Å². The second-order valence-corrected chi connectivity index (χ2v) is 6.67. The first kappa shape index (κ1) is 16.3. The normalized spacial score (nSPS) is 11.5. The van der Waals surface area contributed by atoms with Crippen LogP contribution in [-0.4, -0.2) is 0 Å². The summed E-state index contributed by atoms with van der Waals surface area (Å²) in [5.41, 5.74) is 2.51. The Balaban J connectivity index is 1.67. The minimum Gasteiger partial charge on any atom is -0.0839 e. The lowest BCUT2D eigenvalue weighted by Crippen LogP contribution is -1.73. The van der Waals surface area contributed by atoms with E-state index in [0.717, 1.165) is 21.8 Å². The first-order valence-corrected chi connectivity index (χ1v) is 8.67. The summed E-state index contributed by atoms with van der Waals surface area (Å²) in [4.78, 5) is 0. The minimum atomic E-state index is 1.11. The predicted molar refractivity (Wildman–Crippen MR) is 100 cm³/mol. The van der Waals surface area contributed by atoms with Gasteiger partial charge >= 0.3 is 0 Å². The van der Waals surface area contributed by atoms with Crippen molar-refractivity contribution in [2.45, 2.75) is 19.3 Å². The first-order chi connectivity index (χ1) is 10.2. The van der Waals surface area contributed by atoms with E-state index >= 15 is 0 Å². The van der Waals surface area contributed by atoms with Gasteiger partial charge in [-0.2, -0.15) is 0 Å². The fourth-order valence-electron chi connectivity index (χ4n) is 1.94. The molecule has 0 nitrogen and oxygen atoms in total. The van der Waals surface area contributed by atoms with Crippen LogP contribution in [0.4, 0.5) is 0 Å². The highest BCUT2D eigenvalue weighted by atomic mass is 79.9. The Morgan fingerprint density at radius 3 is 1.38 bits per heavy atom. The lowest BCUT2D eigenvalue weighted by atomic mass is 10.1. The van der Waals surface area contributed by atoms with E-state index in [-0.39, 0.29) is 0 Å². The molecular weight excluding hydrogens is 388 g/mol. The van der Waals surface area contributed by atoms with Crippen LogP contribution in [0.3, 0.4) is 0 Å². The number of benzene rings is 2. The molecule has 0 saturated heterocycles. The molecule has 2 aromatic carbocycles. The molecule has 0 aliphatic carbocycles. The third kappa shape index (κ3) is 6.45. The first-order valence-electron chi connectivity index (χ1n) is 7.08. The van der Waals surface area contributed by atoms with Crippen LogP contribution in [0.2, 0.25) is 0 Å². The summed E-state index contributed by atoms with van der Waals surface area (Å²) in [5.74, 6) is 0. The van der Waals surface area contributed by atoms with E-state index in [1.54, 1.807) is 0 Å². The average Bonchev–Trinajstić information content (AvgIpc) is 2.50. The highest BCUT2D eigenvalue weighted by molar-refractivity contribution is 9.10. The van der Waals surface area contributed by atoms with Gasteiger partial charge in [0.25, 0.3) is 0 Å². The van der Waals surface area contributed by atoms with Crippen LogP contribution in [0.1, 0.15) is 30.4 Å². The van der Waals surface area contributed by atoms with Crippen molar-refractivity contribution in [1.82, 2.24) is 0 Å². The number of halogens is 2. The number of allylic oxidation sites excluding steroid dienone is 2. The monoisotopic (exact) mass is 404 g/mol. The third-order valence-corrected chi connectivity index (χ3v) is 4.16. The minimum absolute atomic E-state index is 1.11.